The van der Waals surface area contributed by atoms with E-state index < -0.39 is 0 Å². The second kappa shape index (κ2) is 6.39. The van der Waals surface area contributed by atoms with Crippen LogP contribution in [0.15, 0.2) is 24.3 Å². The Bertz CT molecular complexity index is 455. The molecule has 0 radical (unpaired) electrons. The maximum Gasteiger partial charge on any atom is 0.238 e. The minimum absolute atomic E-state index is 0.0431. The third-order valence-electron chi connectivity index (χ3n) is 3.46. The van der Waals surface area contributed by atoms with Crippen molar-refractivity contribution < 1.29 is 9.18 Å². The first-order chi connectivity index (χ1) is 9.13. The molecule has 0 spiro atoms. The van der Waals surface area contributed by atoms with E-state index in [0.29, 0.717) is 17.4 Å². The number of nitrogens with zero attached hydrogens (tertiary/aromatic N) is 1. The quantitative estimate of drug-likeness (QED) is 0.900. The van der Waals surface area contributed by atoms with Gasteiger partial charge in [-0.2, -0.15) is 11.8 Å². The van der Waals surface area contributed by atoms with Gasteiger partial charge in [-0.1, -0.05) is 25.1 Å². The predicted octanol–water partition coefficient (Wildman–Crippen LogP) is 2.40. The molecule has 19 heavy (non-hydrogen) atoms. The van der Waals surface area contributed by atoms with Gasteiger partial charge in [0.25, 0.3) is 0 Å². The third kappa shape index (κ3) is 3.28. The van der Waals surface area contributed by atoms with Crippen molar-refractivity contribution in [1.29, 1.82) is 0 Å². The van der Waals surface area contributed by atoms with Crippen molar-refractivity contribution in [1.82, 2.24) is 10.2 Å². The molecule has 1 N–H and O–H groups in total. The van der Waals surface area contributed by atoms with E-state index in [0.717, 1.165) is 6.42 Å². The Hall–Kier alpha value is -1.07. The van der Waals surface area contributed by atoms with Gasteiger partial charge in [0.1, 0.15) is 12.0 Å². The molecule has 5 heteroatoms. The summed E-state index contributed by atoms with van der Waals surface area (Å²) in [6.07, 6.45) is 2.64. The summed E-state index contributed by atoms with van der Waals surface area (Å²) in [7, 11) is 0. The van der Waals surface area contributed by atoms with Gasteiger partial charge in [0.2, 0.25) is 5.91 Å². The summed E-state index contributed by atoms with van der Waals surface area (Å²) >= 11 is 1.78. The van der Waals surface area contributed by atoms with Crippen LogP contribution in [-0.4, -0.2) is 35.4 Å². The molecule has 0 bridgehead atoms. The summed E-state index contributed by atoms with van der Waals surface area (Å²) in [5, 5.41) is 3.58. The van der Waals surface area contributed by atoms with Gasteiger partial charge >= 0.3 is 0 Å². The lowest BCUT2D eigenvalue weighted by atomic mass is 10.1. The summed E-state index contributed by atoms with van der Waals surface area (Å²) in [6.45, 7) is 3.08. The Morgan fingerprint density at radius 2 is 2.26 bits per heavy atom. The predicted molar refractivity (Wildman–Crippen MR) is 76.5 cm³/mol. The van der Waals surface area contributed by atoms with E-state index in [-0.39, 0.29) is 24.4 Å². The molecule has 1 aromatic carbocycles. The average molecular weight is 282 g/mol. The molecule has 1 saturated heterocycles. The van der Waals surface area contributed by atoms with E-state index in [2.05, 4.69) is 18.5 Å². The van der Waals surface area contributed by atoms with Gasteiger partial charge in [-0.05, 0) is 18.7 Å². The molecule has 1 aliphatic heterocycles. The molecule has 1 heterocycles. The Kier molecular flexibility index (Phi) is 4.82. The zero-order valence-corrected chi connectivity index (χ0v) is 12.0. The molecule has 2 unspecified atom stereocenters. The van der Waals surface area contributed by atoms with Crippen LogP contribution in [0.1, 0.15) is 25.1 Å². The molecule has 0 saturated carbocycles. The Morgan fingerprint density at radius 1 is 1.53 bits per heavy atom. The number of amides is 1. The number of halogens is 1. The zero-order valence-electron chi connectivity index (χ0n) is 11.2. The highest BCUT2D eigenvalue weighted by Crippen LogP contribution is 2.25. The number of carbonyl (C=O) groups excluding carboxylic acids is 1. The molecule has 1 aliphatic rings. The second-order valence-electron chi connectivity index (χ2n) is 4.73. The Morgan fingerprint density at radius 3 is 2.95 bits per heavy atom. The van der Waals surface area contributed by atoms with Crippen LogP contribution in [0.4, 0.5) is 4.39 Å². The number of nitrogens with one attached hydrogen (secondary N) is 1. The molecular weight excluding hydrogens is 263 g/mol. The lowest BCUT2D eigenvalue weighted by Crippen LogP contribution is -2.32. The smallest absolute Gasteiger partial charge is 0.238 e. The van der Waals surface area contributed by atoms with Crippen molar-refractivity contribution in [2.24, 2.45) is 0 Å². The summed E-state index contributed by atoms with van der Waals surface area (Å²) in [4.78, 5) is 13.6. The zero-order chi connectivity index (χ0) is 13.8. The highest BCUT2D eigenvalue weighted by molar-refractivity contribution is 7.99. The van der Waals surface area contributed by atoms with Crippen LogP contribution in [0.25, 0.3) is 0 Å². The molecule has 1 aromatic rings. The molecule has 1 fully saturated rings. The first-order valence-corrected chi connectivity index (χ1v) is 7.72. The van der Waals surface area contributed by atoms with Gasteiger partial charge in [0.15, 0.2) is 0 Å². The highest BCUT2D eigenvalue weighted by Gasteiger charge is 2.32. The fourth-order valence-corrected chi connectivity index (χ4v) is 2.55. The largest absolute Gasteiger partial charge is 0.322 e. The number of thioether (sulfide) groups is 1. The van der Waals surface area contributed by atoms with Gasteiger partial charge in [0.05, 0.1) is 6.54 Å². The van der Waals surface area contributed by atoms with E-state index in [1.165, 1.54) is 6.07 Å². The second-order valence-corrected chi connectivity index (χ2v) is 6.00. The van der Waals surface area contributed by atoms with Crippen molar-refractivity contribution >= 4 is 17.7 Å². The van der Waals surface area contributed by atoms with E-state index in [4.69, 9.17) is 0 Å². The SMILES string of the molecule is CSC(C)CCN1C(=O)CNC1c1ccccc1F. The first-order valence-electron chi connectivity index (χ1n) is 6.43. The van der Waals surface area contributed by atoms with Gasteiger partial charge in [-0.25, -0.2) is 4.39 Å². The van der Waals surface area contributed by atoms with Crippen LogP contribution in [-0.2, 0) is 4.79 Å². The maximum absolute atomic E-state index is 13.8. The number of hydrogen-bond donors (Lipinski definition) is 1. The molecule has 104 valence electrons. The van der Waals surface area contributed by atoms with Crippen LogP contribution >= 0.6 is 11.8 Å². The first kappa shape index (κ1) is 14.3. The summed E-state index contributed by atoms with van der Waals surface area (Å²) < 4.78 is 13.8. The van der Waals surface area contributed by atoms with Crippen LogP contribution in [0.2, 0.25) is 0 Å². The van der Waals surface area contributed by atoms with E-state index in [1.807, 2.05) is 0 Å². The maximum atomic E-state index is 13.8. The molecule has 0 aliphatic carbocycles. The number of carbonyl (C=O) groups is 1. The third-order valence-corrected chi connectivity index (χ3v) is 4.50. The molecule has 3 nitrogen and oxygen atoms in total. The molecule has 0 aromatic heterocycles. The van der Waals surface area contributed by atoms with Crippen molar-refractivity contribution in [3.63, 3.8) is 0 Å². The summed E-state index contributed by atoms with van der Waals surface area (Å²) in [6, 6.07) is 6.63. The van der Waals surface area contributed by atoms with Gasteiger partial charge < -0.3 is 4.90 Å². The number of benzene rings is 1. The van der Waals surface area contributed by atoms with Crippen molar-refractivity contribution in [3.05, 3.63) is 35.6 Å². The fourth-order valence-electron chi connectivity index (χ4n) is 2.21. The minimum atomic E-state index is -0.331. The van der Waals surface area contributed by atoms with Crippen molar-refractivity contribution in [2.45, 2.75) is 24.8 Å². The van der Waals surface area contributed by atoms with Gasteiger partial charge in [-0.3, -0.25) is 10.1 Å². The number of rotatable bonds is 5. The average Bonchev–Trinajstić information content (AvgIpc) is 2.78. The molecule has 1 amide bonds. The van der Waals surface area contributed by atoms with Crippen LogP contribution in [0.3, 0.4) is 0 Å². The van der Waals surface area contributed by atoms with Crippen LogP contribution in [0.5, 0.6) is 0 Å². The highest BCUT2D eigenvalue weighted by atomic mass is 32.2. The lowest BCUT2D eigenvalue weighted by molar-refractivity contribution is -0.128. The fraction of sp³-hybridized carbons (Fsp3) is 0.500. The number of hydrogen-bond acceptors (Lipinski definition) is 3. The molecule has 2 atom stereocenters. The minimum Gasteiger partial charge on any atom is -0.322 e. The Labute approximate surface area is 117 Å². The monoisotopic (exact) mass is 282 g/mol. The standard InChI is InChI=1S/C14H19FN2OS/c1-10(19-2)7-8-17-13(18)9-16-14(17)11-5-3-4-6-12(11)15/h3-6,10,14,16H,7-9H2,1-2H3. The van der Waals surface area contributed by atoms with Gasteiger partial charge in [0, 0.05) is 17.4 Å². The molecular formula is C14H19FN2OS. The Balaban J connectivity index is 2.11. The lowest BCUT2D eigenvalue weighted by Gasteiger charge is -2.26. The van der Waals surface area contributed by atoms with Crippen molar-refractivity contribution in [3.8, 4) is 0 Å². The van der Waals surface area contributed by atoms with Gasteiger partial charge in [-0.15, -0.1) is 0 Å². The van der Waals surface area contributed by atoms with E-state index in [1.54, 1.807) is 34.9 Å². The normalized spacial score (nSPS) is 20.9. The topological polar surface area (TPSA) is 32.3 Å². The van der Waals surface area contributed by atoms with Crippen LogP contribution < -0.4 is 5.32 Å². The van der Waals surface area contributed by atoms with Crippen LogP contribution in [0, 0.1) is 5.82 Å². The summed E-state index contributed by atoms with van der Waals surface area (Å²) in [5.74, 6) is -0.223. The summed E-state index contributed by atoms with van der Waals surface area (Å²) in [5.41, 5.74) is 0.546. The van der Waals surface area contributed by atoms with Crippen molar-refractivity contribution in [2.75, 3.05) is 19.3 Å². The molecule has 2 rings (SSSR count). The van der Waals surface area contributed by atoms with E-state index >= 15 is 0 Å². The van der Waals surface area contributed by atoms with E-state index in [9.17, 15) is 9.18 Å².